The van der Waals surface area contributed by atoms with Crippen molar-refractivity contribution in [3.63, 3.8) is 0 Å². The van der Waals surface area contributed by atoms with Crippen LogP contribution < -0.4 is 10.5 Å². The maximum atomic E-state index is 5.95. The molecule has 0 bridgehead atoms. The summed E-state index contributed by atoms with van der Waals surface area (Å²) in [7, 11) is 0. The molecule has 0 radical (unpaired) electrons. The van der Waals surface area contributed by atoms with Gasteiger partial charge in [0.25, 0.3) is 0 Å². The van der Waals surface area contributed by atoms with Crippen LogP contribution in [0.5, 0.6) is 5.75 Å². The zero-order valence-corrected chi connectivity index (χ0v) is 9.05. The predicted molar refractivity (Wildman–Crippen MR) is 58.6 cm³/mol. The normalized spacial score (nSPS) is 18.5. The lowest BCUT2D eigenvalue weighted by molar-refractivity contribution is 0.0838. The molecule has 14 heavy (non-hydrogen) atoms. The standard InChI is InChI=1S/C12H17NO/c1-8-10(13)5-4-9-6-7-12(2,3)14-11(8)9/h4-5H,6-7,13H2,1-3H3. The minimum Gasteiger partial charge on any atom is -0.487 e. The molecule has 0 amide bonds. The van der Waals surface area contributed by atoms with Crippen LogP contribution in [0.25, 0.3) is 0 Å². The van der Waals surface area contributed by atoms with E-state index >= 15 is 0 Å². The van der Waals surface area contributed by atoms with Gasteiger partial charge >= 0.3 is 0 Å². The number of ether oxygens (including phenoxy) is 1. The van der Waals surface area contributed by atoms with Gasteiger partial charge in [-0.25, -0.2) is 0 Å². The third-order valence-corrected chi connectivity index (χ3v) is 2.90. The molecule has 1 aliphatic heterocycles. The Morgan fingerprint density at radius 3 is 2.79 bits per heavy atom. The second kappa shape index (κ2) is 2.91. The van der Waals surface area contributed by atoms with E-state index in [1.165, 1.54) is 5.56 Å². The van der Waals surface area contributed by atoms with Crippen LogP contribution in [-0.2, 0) is 6.42 Å². The molecule has 2 nitrogen and oxygen atoms in total. The van der Waals surface area contributed by atoms with Crippen LogP contribution in [0.3, 0.4) is 0 Å². The highest BCUT2D eigenvalue weighted by Crippen LogP contribution is 2.37. The van der Waals surface area contributed by atoms with Crippen molar-refractivity contribution < 1.29 is 4.74 Å². The van der Waals surface area contributed by atoms with Crippen LogP contribution in [0.2, 0.25) is 0 Å². The van der Waals surface area contributed by atoms with Gasteiger partial charge in [0.15, 0.2) is 0 Å². The van der Waals surface area contributed by atoms with E-state index < -0.39 is 0 Å². The largest absolute Gasteiger partial charge is 0.487 e. The van der Waals surface area contributed by atoms with E-state index in [4.69, 9.17) is 10.5 Å². The number of fused-ring (bicyclic) bond motifs is 1. The first-order chi connectivity index (χ1) is 6.49. The Kier molecular flexibility index (Phi) is 1.95. The van der Waals surface area contributed by atoms with Gasteiger partial charge in [-0.1, -0.05) is 6.07 Å². The highest BCUT2D eigenvalue weighted by atomic mass is 16.5. The van der Waals surface area contributed by atoms with Crippen molar-refractivity contribution in [2.75, 3.05) is 5.73 Å². The second-order valence-electron chi connectivity index (χ2n) is 4.63. The van der Waals surface area contributed by atoms with Crippen LogP contribution in [0.1, 0.15) is 31.4 Å². The van der Waals surface area contributed by atoms with Gasteiger partial charge in [0.05, 0.1) is 0 Å². The molecule has 1 aromatic carbocycles. The Balaban J connectivity index is 2.49. The minimum atomic E-state index is -0.0500. The lowest BCUT2D eigenvalue weighted by Crippen LogP contribution is -2.33. The molecule has 0 spiro atoms. The molecule has 2 rings (SSSR count). The third-order valence-electron chi connectivity index (χ3n) is 2.90. The Morgan fingerprint density at radius 1 is 1.36 bits per heavy atom. The number of nitrogen functional groups attached to an aromatic ring is 1. The molecule has 0 atom stereocenters. The molecule has 2 heteroatoms. The highest BCUT2D eigenvalue weighted by molar-refractivity contribution is 5.57. The summed E-state index contributed by atoms with van der Waals surface area (Å²) in [6.07, 6.45) is 2.16. The summed E-state index contributed by atoms with van der Waals surface area (Å²) in [4.78, 5) is 0. The molecule has 0 aliphatic carbocycles. The average molecular weight is 191 g/mol. The monoisotopic (exact) mass is 191 g/mol. The molecule has 0 saturated carbocycles. The number of anilines is 1. The first-order valence-electron chi connectivity index (χ1n) is 5.06. The minimum absolute atomic E-state index is 0.0500. The zero-order chi connectivity index (χ0) is 10.3. The van der Waals surface area contributed by atoms with Crippen LogP contribution in [0.4, 0.5) is 5.69 Å². The zero-order valence-electron chi connectivity index (χ0n) is 9.05. The number of nitrogens with two attached hydrogens (primary N) is 1. The summed E-state index contributed by atoms with van der Waals surface area (Å²) in [5.74, 6) is 1.00. The summed E-state index contributed by atoms with van der Waals surface area (Å²) in [6.45, 7) is 6.27. The van der Waals surface area contributed by atoms with Crippen LogP contribution in [0.15, 0.2) is 12.1 Å². The van der Waals surface area contributed by atoms with Gasteiger partial charge in [0.1, 0.15) is 11.4 Å². The summed E-state index contributed by atoms with van der Waals surface area (Å²) in [5.41, 5.74) is 8.99. The SMILES string of the molecule is Cc1c(N)ccc2c1OC(C)(C)CC2. The van der Waals surface area contributed by atoms with Crippen molar-refractivity contribution in [3.05, 3.63) is 23.3 Å². The van der Waals surface area contributed by atoms with Crippen molar-refractivity contribution in [2.45, 2.75) is 39.2 Å². The van der Waals surface area contributed by atoms with Gasteiger partial charge in [-0.3, -0.25) is 0 Å². The van der Waals surface area contributed by atoms with E-state index in [0.717, 1.165) is 29.8 Å². The second-order valence-corrected chi connectivity index (χ2v) is 4.63. The van der Waals surface area contributed by atoms with E-state index in [0.29, 0.717) is 0 Å². The molecule has 2 N–H and O–H groups in total. The maximum Gasteiger partial charge on any atom is 0.128 e. The number of benzene rings is 1. The summed E-state index contributed by atoms with van der Waals surface area (Å²) in [5, 5.41) is 0. The molecule has 1 aliphatic rings. The van der Waals surface area contributed by atoms with E-state index in [-0.39, 0.29) is 5.60 Å². The number of aryl methyl sites for hydroxylation is 1. The molecule has 0 fully saturated rings. The highest BCUT2D eigenvalue weighted by Gasteiger charge is 2.27. The van der Waals surface area contributed by atoms with Crippen molar-refractivity contribution in [1.82, 2.24) is 0 Å². The van der Waals surface area contributed by atoms with E-state index in [1.807, 2.05) is 13.0 Å². The summed E-state index contributed by atoms with van der Waals surface area (Å²) < 4.78 is 5.95. The third kappa shape index (κ3) is 1.45. The lowest BCUT2D eigenvalue weighted by atomic mass is 9.92. The van der Waals surface area contributed by atoms with Crippen molar-refractivity contribution in [1.29, 1.82) is 0 Å². The van der Waals surface area contributed by atoms with E-state index in [1.54, 1.807) is 0 Å². The lowest BCUT2D eigenvalue weighted by Gasteiger charge is -2.33. The number of hydrogen-bond donors (Lipinski definition) is 1. The van der Waals surface area contributed by atoms with Gasteiger partial charge in [0.2, 0.25) is 0 Å². The molecule has 0 aromatic heterocycles. The molecule has 0 saturated heterocycles. The Hall–Kier alpha value is -1.18. The predicted octanol–water partition coefficient (Wildman–Crippen LogP) is 2.68. The fourth-order valence-corrected chi connectivity index (χ4v) is 1.86. The van der Waals surface area contributed by atoms with E-state index in [2.05, 4.69) is 19.9 Å². The molecule has 0 unspecified atom stereocenters. The number of hydrogen-bond acceptors (Lipinski definition) is 2. The smallest absolute Gasteiger partial charge is 0.128 e. The summed E-state index contributed by atoms with van der Waals surface area (Å²) in [6, 6.07) is 4.04. The van der Waals surface area contributed by atoms with Crippen LogP contribution >= 0.6 is 0 Å². The Morgan fingerprint density at radius 2 is 2.07 bits per heavy atom. The fourth-order valence-electron chi connectivity index (χ4n) is 1.86. The van der Waals surface area contributed by atoms with Crippen molar-refractivity contribution in [3.8, 4) is 5.75 Å². The fraction of sp³-hybridized carbons (Fsp3) is 0.500. The maximum absolute atomic E-state index is 5.95. The average Bonchev–Trinajstić information content (AvgIpc) is 2.11. The molecular formula is C12H17NO. The number of rotatable bonds is 0. The van der Waals surface area contributed by atoms with Crippen molar-refractivity contribution in [2.24, 2.45) is 0 Å². The van der Waals surface area contributed by atoms with Gasteiger partial charge < -0.3 is 10.5 Å². The summed E-state index contributed by atoms with van der Waals surface area (Å²) >= 11 is 0. The quantitative estimate of drug-likeness (QED) is 0.640. The van der Waals surface area contributed by atoms with Gasteiger partial charge in [-0.05, 0) is 45.2 Å². The van der Waals surface area contributed by atoms with Gasteiger partial charge in [-0.2, -0.15) is 0 Å². The van der Waals surface area contributed by atoms with Crippen molar-refractivity contribution >= 4 is 5.69 Å². The Labute approximate surface area is 85.1 Å². The van der Waals surface area contributed by atoms with Crippen LogP contribution in [0, 0.1) is 6.92 Å². The first-order valence-corrected chi connectivity index (χ1v) is 5.06. The van der Waals surface area contributed by atoms with Gasteiger partial charge in [-0.15, -0.1) is 0 Å². The molecule has 1 aromatic rings. The Bertz CT molecular complexity index is 369. The molecule has 76 valence electrons. The van der Waals surface area contributed by atoms with Gasteiger partial charge in [0, 0.05) is 11.3 Å². The molecule has 1 heterocycles. The topological polar surface area (TPSA) is 35.2 Å². The first kappa shape index (κ1) is 9.38. The molecular weight excluding hydrogens is 174 g/mol. The van der Waals surface area contributed by atoms with E-state index in [9.17, 15) is 0 Å². The van der Waals surface area contributed by atoms with Crippen LogP contribution in [-0.4, -0.2) is 5.60 Å².